The van der Waals surface area contributed by atoms with Crippen molar-refractivity contribution in [2.45, 2.75) is 6.54 Å². The van der Waals surface area contributed by atoms with Gasteiger partial charge in [-0.25, -0.2) is 4.98 Å². The van der Waals surface area contributed by atoms with Gasteiger partial charge in [-0.1, -0.05) is 12.1 Å². The zero-order valence-electron chi connectivity index (χ0n) is 9.96. The van der Waals surface area contributed by atoms with Crippen LogP contribution in [-0.2, 0) is 6.54 Å². The first-order chi connectivity index (χ1) is 8.83. The van der Waals surface area contributed by atoms with Gasteiger partial charge in [0, 0.05) is 17.5 Å². The fraction of sp³-hybridized carbons (Fsp3) is 0.154. The molecule has 92 valence electrons. The van der Waals surface area contributed by atoms with E-state index in [0.717, 1.165) is 27.7 Å². The molecule has 0 fully saturated rings. The maximum atomic E-state index is 5.74. The molecule has 0 amide bonds. The van der Waals surface area contributed by atoms with E-state index in [4.69, 9.17) is 10.5 Å². The Hall–Kier alpha value is -1.85. The first kappa shape index (κ1) is 11.3. The quantitative estimate of drug-likeness (QED) is 0.786. The van der Waals surface area contributed by atoms with E-state index in [1.165, 1.54) is 0 Å². The Labute approximate surface area is 109 Å². The summed E-state index contributed by atoms with van der Waals surface area (Å²) in [4.78, 5) is 5.31. The van der Waals surface area contributed by atoms with Crippen molar-refractivity contribution < 1.29 is 4.74 Å². The zero-order valence-corrected chi connectivity index (χ0v) is 10.8. The normalized spacial score (nSPS) is 11.0. The topological polar surface area (TPSA) is 52.5 Å². The van der Waals surface area contributed by atoms with Crippen LogP contribution in [0.4, 0.5) is 0 Å². The first-order valence-corrected chi connectivity index (χ1v) is 6.49. The maximum Gasteiger partial charge on any atom is 0.194 e. The third-order valence-electron chi connectivity index (χ3n) is 2.89. The van der Waals surface area contributed by atoms with Crippen LogP contribution in [0.2, 0.25) is 0 Å². The molecule has 2 heterocycles. The summed E-state index contributed by atoms with van der Waals surface area (Å²) in [5, 5.41) is 2.09. The number of thiazole rings is 1. The highest BCUT2D eigenvalue weighted by atomic mass is 32.1. The highest BCUT2D eigenvalue weighted by Gasteiger charge is 2.11. The largest absolute Gasteiger partial charge is 0.497 e. The Morgan fingerprint density at radius 3 is 3.11 bits per heavy atom. The Kier molecular flexibility index (Phi) is 2.77. The van der Waals surface area contributed by atoms with Gasteiger partial charge in [0.25, 0.3) is 0 Å². The smallest absolute Gasteiger partial charge is 0.194 e. The predicted octanol–water partition coefficient (Wildman–Crippen LogP) is 2.53. The molecule has 4 nitrogen and oxygen atoms in total. The molecule has 0 atom stereocenters. The third kappa shape index (κ3) is 1.68. The van der Waals surface area contributed by atoms with Crippen molar-refractivity contribution in [3.8, 4) is 17.0 Å². The second-order valence-electron chi connectivity index (χ2n) is 3.92. The maximum absolute atomic E-state index is 5.74. The predicted molar refractivity (Wildman–Crippen MR) is 72.9 cm³/mol. The summed E-state index contributed by atoms with van der Waals surface area (Å²) in [6.07, 6.45) is 1.83. The van der Waals surface area contributed by atoms with Crippen molar-refractivity contribution in [1.29, 1.82) is 0 Å². The van der Waals surface area contributed by atoms with Gasteiger partial charge in [0.1, 0.15) is 5.75 Å². The van der Waals surface area contributed by atoms with E-state index in [0.29, 0.717) is 6.54 Å². The van der Waals surface area contributed by atoms with Crippen LogP contribution in [0.25, 0.3) is 16.2 Å². The third-order valence-corrected chi connectivity index (χ3v) is 3.73. The molecule has 5 heteroatoms. The first-order valence-electron chi connectivity index (χ1n) is 5.62. The summed E-state index contributed by atoms with van der Waals surface area (Å²) in [6, 6.07) is 7.99. The molecule has 0 unspecified atom stereocenters. The fourth-order valence-corrected chi connectivity index (χ4v) is 2.89. The van der Waals surface area contributed by atoms with Crippen molar-refractivity contribution in [2.24, 2.45) is 5.73 Å². The molecule has 0 saturated carbocycles. The van der Waals surface area contributed by atoms with Crippen molar-refractivity contribution in [3.05, 3.63) is 41.5 Å². The molecule has 18 heavy (non-hydrogen) atoms. The van der Waals surface area contributed by atoms with E-state index < -0.39 is 0 Å². The number of ether oxygens (including phenoxy) is 1. The highest BCUT2D eigenvalue weighted by molar-refractivity contribution is 7.15. The Balaban J connectivity index is 2.21. The van der Waals surface area contributed by atoms with Gasteiger partial charge in [0.2, 0.25) is 0 Å². The lowest BCUT2D eigenvalue weighted by molar-refractivity contribution is 0.415. The standard InChI is InChI=1S/C13H13N3OS/c1-17-11-4-2-3-9(5-11)12-8-18-13-15-7-10(6-14)16(12)13/h2-5,7-8H,6,14H2,1H3. The second-order valence-corrected chi connectivity index (χ2v) is 4.76. The van der Waals surface area contributed by atoms with E-state index in [9.17, 15) is 0 Å². The van der Waals surface area contributed by atoms with Crippen LogP contribution in [0.3, 0.4) is 0 Å². The van der Waals surface area contributed by atoms with Crippen molar-refractivity contribution in [1.82, 2.24) is 9.38 Å². The average molecular weight is 259 g/mol. The monoisotopic (exact) mass is 259 g/mol. The van der Waals surface area contributed by atoms with Gasteiger partial charge >= 0.3 is 0 Å². The Morgan fingerprint density at radius 2 is 2.33 bits per heavy atom. The van der Waals surface area contributed by atoms with E-state index in [1.54, 1.807) is 18.4 Å². The van der Waals surface area contributed by atoms with Crippen LogP contribution >= 0.6 is 11.3 Å². The molecule has 0 bridgehead atoms. The van der Waals surface area contributed by atoms with Gasteiger partial charge in [-0.05, 0) is 12.1 Å². The van der Waals surface area contributed by atoms with Gasteiger partial charge < -0.3 is 10.5 Å². The van der Waals surface area contributed by atoms with Crippen LogP contribution in [0, 0.1) is 0 Å². The lowest BCUT2D eigenvalue weighted by atomic mass is 10.1. The van der Waals surface area contributed by atoms with Crippen LogP contribution < -0.4 is 10.5 Å². The van der Waals surface area contributed by atoms with Crippen molar-refractivity contribution in [2.75, 3.05) is 7.11 Å². The zero-order chi connectivity index (χ0) is 12.5. The molecule has 0 aliphatic carbocycles. The molecule has 2 aromatic heterocycles. The van der Waals surface area contributed by atoms with Gasteiger partial charge in [-0.15, -0.1) is 11.3 Å². The molecular weight excluding hydrogens is 246 g/mol. The molecule has 0 radical (unpaired) electrons. The molecule has 0 spiro atoms. The van der Waals surface area contributed by atoms with Gasteiger partial charge in [-0.2, -0.15) is 0 Å². The number of nitrogens with zero attached hydrogens (tertiary/aromatic N) is 2. The molecule has 0 aliphatic rings. The molecule has 0 aliphatic heterocycles. The summed E-state index contributed by atoms with van der Waals surface area (Å²) >= 11 is 1.61. The minimum Gasteiger partial charge on any atom is -0.497 e. The lowest BCUT2D eigenvalue weighted by Crippen LogP contribution is -2.00. The van der Waals surface area contributed by atoms with E-state index in [-0.39, 0.29) is 0 Å². The number of hydrogen-bond acceptors (Lipinski definition) is 4. The molecule has 1 aromatic carbocycles. The molecule has 0 saturated heterocycles. The number of fused-ring (bicyclic) bond motifs is 1. The summed E-state index contributed by atoms with van der Waals surface area (Å²) < 4.78 is 7.35. The summed E-state index contributed by atoms with van der Waals surface area (Å²) in [5.74, 6) is 0.848. The Bertz CT molecular complexity index is 686. The van der Waals surface area contributed by atoms with Gasteiger partial charge in [0.15, 0.2) is 4.96 Å². The number of imidazole rings is 1. The number of hydrogen-bond donors (Lipinski definition) is 1. The minimum atomic E-state index is 0.481. The summed E-state index contributed by atoms with van der Waals surface area (Å²) in [6.45, 7) is 0.481. The number of nitrogens with two attached hydrogens (primary N) is 1. The van der Waals surface area contributed by atoms with Crippen molar-refractivity contribution in [3.63, 3.8) is 0 Å². The lowest BCUT2D eigenvalue weighted by Gasteiger charge is -2.05. The highest BCUT2D eigenvalue weighted by Crippen LogP contribution is 2.29. The number of methoxy groups -OCH3 is 1. The number of benzene rings is 1. The second kappa shape index (κ2) is 4.44. The number of rotatable bonds is 3. The fourth-order valence-electron chi connectivity index (χ4n) is 1.99. The molecular formula is C13H13N3OS. The van der Waals surface area contributed by atoms with Crippen LogP contribution in [0.1, 0.15) is 5.69 Å². The summed E-state index contributed by atoms with van der Waals surface area (Å²) in [7, 11) is 1.67. The van der Waals surface area contributed by atoms with Gasteiger partial charge in [-0.3, -0.25) is 4.40 Å². The van der Waals surface area contributed by atoms with Crippen LogP contribution in [0.5, 0.6) is 5.75 Å². The van der Waals surface area contributed by atoms with Gasteiger partial charge in [0.05, 0.1) is 24.7 Å². The minimum absolute atomic E-state index is 0.481. The van der Waals surface area contributed by atoms with Crippen molar-refractivity contribution >= 4 is 16.3 Å². The average Bonchev–Trinajstić information content (AvgIpc) is 2.99. The van der Waals surface area contributed by atoms with E-state index >= 15 is 0 Å². The van der Waals surface area contributed by atoms with E-state index in [2.05, 4.69) is 20.8 Å². The summed E-state index contributed by atoms with van der Waals surface area (Å²) in [5.41, 5.74) is 8.97. The molecule has 2 N–H and O–H groups in total. The molecule has 3 rings (SSSR count). The van der Waals surface area contributed by atoms with E-state index in [1.807, 2.05) is 24.4 Å². The molecule has 3 aromatic rings. The Morgan fingerprint density at radius 1 is 1.44 bits per heavy atom. The SMILES string of the molecule is COc1cccc(-c2csc3ncc(CN)n23)c1. The van der Waals surface area contributed by atoms with Crippen LogP contribution in [-0.4, -0.2) is 16.5 Å². The van der Waals surface area contributed by atoms with Crippen LogP contribution in [0.15, 0.2) is 35.8 Å². The number of aromatic nitrogens is 2.